The lowest BCUT2D eigenvalue weighted by Gasteiger charge is -2.23. The molecule has 4 heterocycles. The number of hydrogen-bond donors (Lipinski definition) is 0. The van der Waals surface area contributed by atoms with Gasteiger partial charge in [-0.2, -0.15) is 4.76 Å². The minimum atomic E-state index is -3.51. The van der Waals surface area contributed by atoms with Gasteiger partial charge in [-0.15, -0.1) is 10.2 Å². The number of aromatic nitrogens is 2. The maximum Gasteiger partial charge on any atom is 0.378 e. The molecule has 9 nitrogen and oxygen atoms in total. The van der Waals surface area contributed by atoms with Gasteiger partial charge in [-0.25, -0.2) is 0 Å². The summed E-state index contributed by atoms with van der Waals surface area (Å²) >= 11 is 0.893. The molecule has 0 aliphatic carbocycles. The standard InChI is InChI=1S/C19H18N3O6PS/c1-3-25-15(23)11-12-16-17(13-7-5-9-26-13)18(14-8-6-10-27-14)20-21-19(16)30-29(24,22-12)28-4-2/h5-10H,3-4,11H2,1-2H3. The van der Waals surface area contributed by atoms with Crippen LogP contribution in [0.15, 0.2) is 55.4 Å². The quantitative estimate of drug-likeness (QED) is 0.365. The van der Waals surface area contributed by atoms with E-state index in [9.17, 15) is 9.36 Å². The van der Waals surface area contributed by atoms with Crippen molar-refractivity contribution in [3.8, 4) is 22.8 Å². The van der Waals surface area contributed by atoms with Crippen molar-refractivity contribution in [2.45, 2.75) is 25.3 Å². The predicted molar refractivity (Wildman–Crippen MR) is 110 cm³/mol. The van der Waals surface area contributed by atoms with Crippen molar-refractivity contribution >= 4 is 29.8 Å². The fourth-order valence-corrected chi connectivity index (χ4v) is 6.50. The molecule has 0 fully saturated rings. The van der Waals surface area contributed by atoms with Gasteiger partial charge in [0, 0.05) is 16.9 Å². The third-order valence-electron chi connectivity index (χ3n) is 4.11. The Labute approximate surface area is 176 Å². The number of hydrogen-bond acceptors (Lipinski definition) is 9. The van der Waals surface area contributed by atoms with Crippen molar-refractivity contribution in [3.05, 3.63) is 42.4 Å². The van der Waals surface area contributed by atoms with Crippen LogP contribution in [0.2, 0.25) is 0 Å². The van der Waals surface area contributed by atoms with Crippen LogP contribution < -0.4 is 0 Å². The average molecular weight is 447 g/mol. The molecule has 1 aliphatic heterocycles. The molecule has 0 saturated heterocycles. The Morgan fingerprint density at radius 2 is 1.80 bits per heavy atom. The number of furan rings is 2. The molecule has 3 aromatic heterocycles. The van der Waals surface area contributed by atoms with Gasteiger partial charge in [0.15, 0.2) is 5.76 Å². The Morgan fingerprint density at radius 1 is 1.07 bits per heavy atom. The summed E-state index contributed by atoms with van der Waals surface area (Å²) in [5, 5.41) is 8.88. The highest BCUT2D eigenvalue weighted by atomic mass is 32.7. The van der Waals surface area contributed by atoms with Gasteiger partial charge in [-0.3, -0.25) is 9.36 Å². The second-order valence-electron chi connectivity index (χ2n) is 6.06. The average Bonchev–Trinajstić information content (AvgIpc) is 3.41. The first-order valence-electron chi connectivity index (χ1n) is 9.22. The van der Waals surface area contributed by atoms with Gasteiger partial charge in [-0.05, 0) is 38.1 Å². The van der Waals surface area contributed by atoms with E-state index in [1.54, 1.807) is 38.1 Å². The van der Waals surface area contributed by atoms with Crippen LogP contribution in [0.4, 0.5) is 0 Å². The SMILES string of the molecule is CCOC(=O)CC1=NP(=O)(OCC)Sc2nnc(-c3ccco3)c(-c3ccco3)c21. The van der Waals surface area contributed by atoms with E-state index in [1.165, 1.54) is 12.5 Å². The van der Waals surface area contributed by atoms with Crippen LogP contribution in [-0.4, -0.2) is 35.1 Å². The molecule has 1 aliphatic rings. The zero-order chi connectivity index (χ0) is 21.1. The second kappa shape index (κ2) is 8.59. The molecular formula is C19H18N3O6PS. The van der Waals surface area contributed by atoms with E-state index in [0.717, 1.165) is 11.4 Å². The molecule has 1 unspecified atom stereocenters. The van der Waals surface area contributed by atoms with Crippen LogP contribution in [0.1, 0.15) is 25.8 Å². The minimum absolute atomic E-state index is 0.193. The van der Waals surface area contributed by atoms with Gasteiger partial charge in [0.2, 0.25) is 0 Å². The Bertz CT molecular complexity index is 1130. The summed E-state index contributed by atoms with van der Waals surface area (Å²) in [7, 11) is 0. The van der Waals surface area contributed by atoms with E-state index in [0.29, 0.717) is 33.4 Å². The zero-order valence-corrected chi connectivity index (χ0v) is 17.9. The largest absolute Gasteiger partial charge is 0.466 e. The van der Waals surface area contributed by atoms with Crippen LogP contribution in [0, 0.1) is 0 Å². The molecule has 0 aromatic carbocycles. The van der Waals surface area contributed by atoms with Crippen LogP contribution in [0.25, 0.3) is 22.8 Å². The lowest BCUT2D eigenvalue weighted by Crippen LogP contribution is -2.18. The molecule has 0 spiro atoms. The van der Waals surface area contributed by atoms with Crippen molar-refractivity contribution in [3.63, 3.8) is 0 Å². The fourth-order valence-electron chi connectivity index (χ4n) is 3.02. The molecule has 0 radical (unpaired) electrons. The number of carbonyl (C=O) groups is 1. The van der Waals surface area contributed by atoms with Crippen LogP contribution in [0.5, 0.6) is 0 Å². The van der Waals surface area contributed by atoms with E-state index in [2.05, 4.69) is 15.0 Å². The Balaban J connectivity index is 1.95. The molecule has 3 aromatic rings. The first-order valence-corrected chi connectivity index (χ1v) is 12.2. The first-order chi connectivity index (χ1) is 14.5. The number of rotatable bonds is 7. The summed E-state index contributed by atoms with van der Waals surface area (Å²) in [6, 6.07) is 6.96. The fraction of sp³-hybridized carbons (Fsp3) is 0.263. The van der Waals surface area contributed by atoms with Crippen molar-refractivity contribution < 1.29 is 27.5 Å². The predicted octanol–water partition coefficient (Wildman–Crippen LogP) is 4.99. The number of nitrogens with zero attached hydrogens (tertiary/aromatic N) is 3. The summed E-state index contributed by atoms with van der Waals surface area (Å²) in [4.78, 5) is 12.3. The van der Waals surface area contributed by atoms with E-state index in [1.807, 2.05) is 0 Å². The summed E-state index contributed by atoms with van der Waals surface area (Å²) in [6.07, 6.45) is 2.85. The van der Waals surface area contributed by atoms with Crippen molar-refractivity contribution in [2.75, 3.05) is 13.2 Å². The van der Waals surface area contributed by atoms with Gasteiger partial charge < -0.3 is 18.1 Å². The highest BCUT2D eigenvalue weighted by Crippen LogP contribution is 2.67. The third-order valence-corrected chi connectivity index (χ3v) is 7.64. The highest BCUT2D eigenvalue weighted by Gasteiger charge is 2.38. The maximum atomic E-state index is 13.1. The molecule has 1 atom stereocenters. The lowest BCUT2D eigenvalue weighted by molar-refractivity contribution is -0.141. The van der Waals surface area contributed by atoms with Crippen LogP contribution in [0.3, 0.4) is 0 Å². The zero-order valence-electron chi connectivity index (χ0n) is 16.2. The Morgan fingerprint density at radius 3 is 2.43 bits per heavy atom. The van der Waals surface area contributed by atoms with Crippen molar-refractivity contribution in [1.29, 1.82) is 0 Å². The Hall–Kier alpha value is -2.68. The lowest BCUT2D eigenvalue weighted by atomic mass is 9.98. The highest BCUT2D eigenvalue weighted by molar-refractivity contribution is 8.56. The topological polar surface area (TPSA) is 117 Å². The van der Waals surface area contributed by atoms with E-state index < -0.39 is 12.7 Å². The maximum absolute atomic E-state index is 13.1. The third kappa shape index (κ3) is 3.98. The van der Waals surface area contributed by atoms with Crippen molar-refractivity contribution in [1.82, 2.24) is 10.2 Å². The number of esters is 1. The molecule has 156 valence electrons. The van der Waals surface area contributed by atoms with Gasteiger partial charge in [0.05, 0.1) is 43.4 Å². The monoisotopic (exact) mass is 447 g/mol. The first kappa shape index (κ1) is 20.6. The molecule has 0 N–H and O–H groups in total. The van der Waals surface area contributed by atoms with Crippen molar-refractivity contribution in [2.24, 2.45) is 4.76 Å². The smallest absolute Gasteiger partial charge is 0.378 e. The van der Waals surface area contributed by atoms with Crippen LogP contribution in [-0.2, 0) is 18.6 Å². The molecule has 0 bridgehead atoms. The number of carbonyl (C=O) groups excluding carboxylic acids is 1. The van der Waals surface area contributed by atoms with Gasteiger partial charge in [0.25, 0.3) is 0 Å². The van der Waals surface area contributed by atoms with Gasteiger partial charge in [0.1, 0.15) is 16.5 Å². The van der Waals surface area contributed by atoms with E-state index in [-0.39, 0.29) is 25.3 Å². The molecule has 0 amide bonds. The number of ether oxygens (including phenoxy) is 1. The van der Waals surface area contributed by atoms with E-state index in [4.69, 9.17) is 18.1 Å². The Kier molecular flexibility index (Phi) is 5.90. The number of fused-ring (bicyclic) bond motifs is 1. The molecule has 30 heavy (non-hydrogen) atoms. The molecular weight excluding hydrogens is 429 g/mol. The minimum Gasteiger partial charge on any atom is -0.466 e. The summed E-state index contributed by atoms with van der Waals surface area (Å²) in [5.41, 5.74) is 1.70. The summed E-state index contributed by atoms with van der Waals surface area (Å²) in [6.45, 7) is 0.332. The van der Waals surface area contributed by atoms with E-state index >= 15 is 0 Å². The molecule has 11 heteroatoms. The summed E-state index contributed by atoms with van der Waals surface area (Å²) < 4.78 is 39.1. The molecule has 0 saturated carbocycles. The summed E-state index contributed by atoms with van der Waals surface area (Å²) in [5.74, 6) is 0.451. The molecule has 4 rings (SSSR count). The second-order valence-corrected chi connectivity index (χ2v) is 9.96. The van der Waals surface area contributed by atoms with Gasteiger partial charge in [-0.1, -0.05) is 0 Å². The van der Waals surface area contributed by atoms with Crippen LogP contribution >= 0.6 is 18.1 Å². The normalized spacial score (nSPS) is 18.0. The van der Waals surface area contributed by atoms with Gasteiger partial charge >= 0.3 is 12.7 Å².